The van der Waals surface area contributed by atoms with E-state index in [1.165, 1.54) is 16.5 Å². The predicted octanol–water partition coefficient (Wildman–Crippen LogP) is 3.98. The zero-order valence-corrected chi connectivity index (χ0v) is 13.2. The summed E-state index contributed by atoms with van der Waals surface area (Å²) in [5, 5.41) is 0.374. The minimum absolute atomic E-state index is 0.335. The summed E-state index contributed by atoms with van der Waals surface area (Å²) >= 11 is 5.54. The van der Waals surface area contributed by atoms with Crippen molar-refractivity contribution in [3.63, 3.8) is 0 Å². The first-order valence-electron chi connectivity index (χ1n) is 5.93. The van der Waals surface area contributed by atoms with Crippen LogP contribution in [-0.2, 0) is 9.53 Å². The van der Waals surface area contributed by atoms with Crippen molar-refractivity contribution in [1.29, 1.82) is 0 Å². The highest BCUT2D eigenvalue weighted by atomic mass is 32.2. The SMILES string of the molecule is C=CC(=O)OCC1CSC(c2ccc(SC)cc2)S1. The van der Waals surface area contributed by atoms with Crippen LogP contribution in [0.25, 0.3) is 0 Å². The molecule has 102 valence electrons. The van der Waals surface area contributed by atoms with Crippen LogP contribution in [0.4, 0.5) is 0 Å². The molecule has 2 unspecified atom stereocenters. The van der Waals surface area contributed by atoms with Gasteiger partial charge in [-0.25, -0.2) is 4.79 Å². The molecule has 1 aromatic rings. The molecule has 1 aromatic carbocycles. The fraction of sp³-hybridized carbons (Fsp3) is 0.357. The lowest BCUT2D eigenvalue weighted by atomic mass is 10.2. The molecule has 0 saturated carbocycles. The van der Waals surface area contributed by atoms with Gasteiger partial charge >= 0.3 is 5.97 Å². The predicted molar refractivity (Wildman–Crippen MR) is 86.0 cm³/mol. The summed E-state index contributed by atoms with van der Waals surface area (Å²) in [4.78, 5) is 12.3. The van der Waals surface area contributed by atoms with Gasteiger partial charge in [-0.15, -0.1) is 35.3 Å². The van der Waals surface area contributed by atoms with Gasteiger partial charge in [0, 0.05) is 22.0 Å². The maximum absolute atomic E-state index is 11.0. The van der Waals surface area contributed by atoms with Gasteiger partial charge in [-0.1, -0.05) is 18.7 Å². The average Bonchev–Trinajstić information content (AvgIpc) is 2.93. The van der Waals surface area contributed by atoms with Crippen LogP contribution < -0.4 is 0 Å². The van der Waals surface area contributed by atoms with Crippen molar-refractivity contribution in [3.05, 3.63) is 42.5 Å². The van der Waals surface area contributed by atoms with Crippen LogP contribution in [-0.4, -0.2) is 29.8 Å². The van der Waals surface area contributed by atoms with Crippen LogP contribution in [0.2, 0.25) is 0 Å². The summed E-state index contributed by atoms with van der Waals surface area (Å²) in [7, 11) is 0. The van der Waals surface area contributed by atoms with Gasteiger partial charge in [-0.2, -0.15) is 0 Å². The summed E-state index contributed by atoms with van der Waals surface area (Å²) < 4.78 is 5.55. The Balaban J connectivity index is 1.86. The van der Waals surface area contributed by atoms with Gasteiger partial charge in [-0.3, -0.25) is 0 Å². The first kappa shape index (κ1) is 14.9. The van der Waals surface area contributed by atoms with Gasteiger partial charge in [0.1, 0.15) is 6.61 Å². The number of ether oxygens (including phenoxy) is 1. The second-order valence-electron chi connectivity index (χ2n) is 4.03. The molecule has 2 rings (SSSR count). The third-order valence-electron chi connectivity index (χ3n) is 2.72. The molecule has 19 heavy (non-hydrogen) atoms. The van der Waals surface area contributed by atoms with E-state index in [0.717, 1.165) is 5.75 Å². The van der Waals surface area contributed by atoms with Crippen LogP contribution in [0.5, 0.6) is 0 Å². The quantitative estimate of drug-likeness (QED) is 0.465. The fourth-order valence-electron chi connectivity index (χ4n) is 1.71. The van der Waals surface area contributed by atoms with Gasteiger partial charge in [0.15, 0.2) is 0 Å². The van der Waals surface area contributed by atoms with E-state index in [-0.39, 0.29) is 5.97 Å². The van der Waals surface area contributed by atoms with E-state index >= 15 is 0 Å². The van der Waals surface area contributed by atoms with Crippen LogP contribution >= 0.6 is 35.3 Å². The highest BCUT2D eigenvalue weighted by Gasteiger charge is 2.27. The second-order valence-corrected chi connectivity index (χ2v) is 7.76. The highest BCUT2D eigenvalue weighted by Crippen LogP contribution is 2.49. The lowest BCUT2D eigenvalue weighted by Crippen LogP contribution is -2.14. The largest absolute Gasteiger partial charge is 0.461 e. The normalized spacial score (nSPS) is 22.2. The molecular formula is C14H16O2S3. The Morgan fingerprint density at radius 1 is 1.53 bits per heavy atom. The number of esters is 1. The number of hydrogen-bond acceptors (Lipinski definition) is 5. The zero-order valence-electron chi connectivity index (χ0n) is 10.7. The fourth-order valence-corrected chi connectivity index (χ4v) is 5.33. The van der Waals surface area contributed by atoms with E-state index in [1.807, 2.05) is 23.5 Å². The lowest BCUT2D eigenvalue weighted by Gasteiger charge is -2.11. The zero-order chi connectivity index (χ0) is 13.7. The third kappa shape index (κ3) is 4.23. The van der Waals surface area contributed by atoms with Crippen molar-refractivity contribution >= 4 is 41.3 Å². The van der Waals surface area contributed by atoms with E-state index in [2.05, 4.69) is 37.1 Å². The Morgan fingerprint density at radius 3 is 2.89 bits per heavy atom. The second kappa shape index (κ2) is 7.31. The molecule has 0 bridgehead atoms. The van der Waals surface area contributed by atoms with E-state index in [0.29, 0.717) is 16.4 Å². The molecule has 0 N–H and O–H groups in total. The third-order valence-corrected chi connectivity index (χ3v) is 6.79. The Kier molecular flexibility index (Phi) is 5.73. The van der Waals surface area contributed by atoms with Gasteiger partial charge in [-0.05, 0) is 24.0 Å². The molecule has 1 heterocycles. The van der Waals surface area contributed by atoms with E-state index < -0.39 is 0 Å². The minimum atomic E-state index is -0.335. The molecular weight excluding hydrogens is 296 g/mol. The highest BCUT2D eigenvalue weighted by molar-refractivity contribution is 8.19. The molecule has 0 amide bonds. The summed E-state index contributed by atoms with van der Waals surface area (Å²) in [6.07, 6.45) is 3.30. The Bertz CT molecular complexity index is 445. The smallest absolute Gasteiger partial charge is 0.330 e. The van der Waals surface area contributed by atoms with Crippen molar-refractivity contribution in [2.24, 2.45) is 0 Å². The molecule has 0 aliphatic carbocycles. The standard InChI is InChI=1S/C14H16O2S3/c1-3-13(15)16-8-12-9-18-14(19-12)10-4-6-11(17-2)7-5-10/h3-7,12,14H,1,8-9H2,2H3. The lowest BCUT2D eigenvalue weighted by molar-refractivity contribution is -0.137. The summed E-state index contributed by atoms with van der Waals surface area (Å²) in [6.45, 7) is 3.87. The van der Waals surface area contributed by atoms with Crippen molar-refractivity contribution < 1.29 is 9.53 Å². The van der Waals surface area contributed by atoms with E-state index in [4.69, 9.17) is 4.74 Å². The first-order chi connectivity index (χ1) is 9.22. The van der Waals surface area contributed by atoms with Crippen LogP contribution in [0.3, 0.4) is 0 Å². The Labute approximate surface area is 126 Å². The number of carbonyl (C=O) groups is 1. The number of carbonyl (C=O) groups excluding carboxylic acids is 1. The maximum atomic E-state index is 11.0. The van der Waals surface area contributed by atoms with Crippen molar-refractivity contribution in [1.82, 2.24) is 0 Å². The molecule has 5 heteroatoms. The average molecular weight is 312 g/mol. The first-order valence-corrected chi connectivity index (χ1v) is 9.14. The molecule has 0 radical (unpaired) electrons. The summed E-state index contributed by atoms with van der Waals surface area (Å²) in [5.41, 5.74) is 1.34. The molecule has 2 nitrogen and oxygen atoms in total. The topological polar surface area (TPSA) is 26.3 Å². The van der Waals surface area contributed by atoms with Crippen LogP contribution in [0.15, 0.2) is 41.8 Å². The maximum Gasteiger partial charge on any atom is 0.330 e. The van der Waals surface area contributed by atoms with Crippen LogP contribution in [0, 0.1) is 0 Å². The molecule has 0 aromatic heterocycles. The summed E-state index contributed by atoms with van der Waals surface area (Å²) in [5.74, 6) is 0.683. The van der Waals surface area contributed by atoms with Crippen molar-refractivity contribution in [3.8, 4) is 0 Å². The van der Waals surface area contributed by atoms with Crippen molar-refractivity contribution in [2.75, 3.05) is 18.6 Å². The van der Waals surface area contributed by atoms with Gasteiger partial charge < -0.3 is 4.74 Å². The van der Waals surface area contributed by atoms with Crippen molar-refractivity contribution in [2.45, 2.75) is 14.7 Å². The van der Waals surface area contributed by atoms with Crippen LogP contribution in [0.1, 0.15) is 10.1 Å². The molecule has 0 spiro atoms. The monoisotopic (exact) mass is 312 g/mol. The Morgan fingerprint density at radius 2 is 2.26 bits per heavy atom. The van der Waals surface area contributed by atoms with Gasteiger partial charge in [0.2, 0.25) is 0 Å². The van der Waals surface area contributed by atoms with Gasteiger partial charge in [0.05, 0.1) is 4.58 Å². The molecule has 1 aliphatic rings. The van der Waals surface area contributed by atoms with E-state index in [1.54, 1.807) is 11.8 Å². The van der Waals surface area contributed by atoms with Gasteiger partial charge in [0.25, 0.3) is 0 Å². The number of rotatable bonds is 5. The molecule has 2 atom stereocenters. The minimum Gasteiger partial charge on any atom is -0.461 e. The molecule has 1 saturated heterocycles. The van der Waals surface area contributed by atoms with E-state index in [9.17, 15) is 4.79 Å². The number of benzene rings is 1. The molecule has 1 fully saturated rings. The molecule has 1 aliphatic heterocycles. The number of hydrogen-bond donors (Lipinski definition) is 0. The summed E-state index contributed by atoms with van der Waals surface area (Å²) in [6, 6.07) is 8.70. The number of thioether (sulfide) groups is 3. The Hall–Kier alpha value is -0.520.